The lowest BCUT2D eigenvalue weighted by molar-refractivity contribution is -0.142. The van der Waals surface area contributed by atoms with Gasteiger partial charge < -0.3 is 9.64 Å². The minimum Gasteiger partial charge on any atom is -0.466 e. The number of esters is 1. The van der Waals surface area contributed by atoms with E-state index in [9.17, 15) is 9.59 Å². The fraction of sp³-hybridized carbons (Fsp3) is 0.385. The van der Waals surface area contributed by atoms with E-state index in [0.29, 0.717) is 25.1 Å². The highest BCUT2D eigenvalue weighted by Crippen LogP contribution is 2.14. The molecule has 17 heavy (non-hydrogen) atoms. The fourth-order valence-electron chi connectivity index (χ4n) is 1.46. The Balaban J connectivity index is 2.54. The van der Waals surface area contributed by atoms with E-state index in [-0.39, 0.29) is 5.97 Å². The highest BCUT2D eigenvalue weighted by molar-refractivity contribution is 5.77. The van der Waals surface area contributed by atoms with Gasteiger partial charge in [0.15, 0.2) is 0 Å². The summed E-state index contributed by atoms with van der Waals surface area (Å²) in [5, 5.41) is 0. The lowest BCUT2D eigenvalue weighted by Crippen LogP contribution is -2.22. The van der Waals surface area contributed by atoms with Crippen LogP contribution in [0.4, 0.5) is 5.69 Å². The van der Waals surface area contributed by atoms with Crippen molar-refractivity contribution in [2.75, 3.05) is 25.1 Å². The SMILES string of the molecule is CCOC(=O)CCN(C)c1cccc(C=O)c1. The minimum atomic E-state index is -0.203. The first-order valence-corrected chi connectivity index (χ1v) is 5.59. The van der Waals surface area contributed by atoms with Crippen LogP contribution in [0.3, 0.4) is 0 Å². The van der Waals surface area contributed by atoms with Gasteiger partial charge >= 0.3 is 5.97 Å². The van der Waals surface area contributed by atoms with Crippen molar-refractivity contribution in [3.05, 3.63) is 29.8 Å². The maximum absolute atomic E-state index is 11.2. The smallest absolute Gasteiger partial charge is 0.307 e. The summed E-state index contributed by atoms with van der Waals surface area (Å²) in [4.78, 5) is 23.8. The third kappa shape index (κ3) is 4.26. The van der Waals surface area contributed by atoms with Crippen molar-refractivity contribution in [2.24, 2.45) is 0 Å². The van der Waals surface area contributed by atoms with E-state index in [0.717, 1.165) is 12.0 Å². The van der Waals surface area contributed by atoms with Gasteiger partial charge in [0.1, 0.15) is 6.29 Å². The predicted octanol–water partition coefficient (Wildman–Crippen LogP) is 1.89. The predicted molar refractivity (Wildman–Crippen MR) is 66.3 cm³/mol. The molecule has 0 radical (unpaired) electrons. The molecule has 0 amide bonds. The lowest BCUT2D eigenvalue weighted by atomic mass is 10.2. The van der Waals surface area contributed by atoms with Crippen molar-refractivity contribution in [1.29, 1.82) is 0 Å². The number of aldehydes is 1. The van der Waals surface area contributed by atoms with Gasteiger partial charge in [-0.2, -0.15) is 0 Å². The molecule has 0 saturated carbocycles. The molecule has 0 aliphatic carbocycles. The Morgan fingerprint density at radius 3 is 2.88 bits per heavy atom. The molecule has 0 atom stereocenters. The lowest BCUT2D eigenvalue weighted by Gasteiger charge is -2.18. The Morgan fingerprint density at radius 2 is 2.24 bits per heavy atom. The summed E-state index contributed by atoms with van der Waals surface area (Å²) >= 11 is 0. The normalized spacial score (nSPS) is 9.76. The molecular formula is C13H17NO3. The second-order valence-corrected chi connectivity index (χ2v) is 3.69. The molecule has 0 heterocycles. The number of benzene rings is 1. The van der Waals surface area contributed by atoms with Crippen LogP contribution < -0.4 is 4.90 Å². The van der Waals surface area contributed by atoms with Gasteiger partial charge in [-0.3, -0.25) is 9.59 Å². The molecule has 4 nitrogen and oxygen atoms in total. The maximum Gasteiger partial charge on any atom is 0.307 e. The standard InChI is InChI=1S/C13H17NO3/c1-3-17-13(16)7-8-14(2)12-6-4-5-11(9-12)10-15/h4-6,9-10H,3,7-8H2,1-2H3. The molecule has 1 aromatic rings. The number of rotatable bonds is 6. The van der Waals surface area contributed by atoms with Gasteiger partial charge in [0.05, 0.1) is 13.0 Å². The Bertz CT molecular complexity index is 390. The van der Waals surface area contributed by atoms with Crippen molar-refractivity contribution >= 4 is 17.9 Å². The molecule has 0 saturated heterocycles. The van der Waals surface area contributed by atoms with Crippen LogP contribution >= 0.6 is 0 Å². The van der Waals surface area contributed by atoms with Gasteiger partial charge in [0, 0.05) is 24.8 Å². The first kappa shape index (κ1) is 13.2. The minimum absolute atomic E-state index is 0.203. The van der Waals surface area contributed by atoms with Crippen molar-refractivity contribution in [2.45, 2.75) is 13.3 Å². The summed E-state index contributed by atoms with van der Waals surface area (Å²) in [6.45, 7) is 2.76. The second-order valence-electron chi connectivity index (χ2n) is 3.69. The van der Waals surface area contributed by atoms with E-state index in [1.165, 1.54) is 0 Å². The number of carbonyl (C=O) groups is 2. The average molecular weight is 235 g/mol. The van der Waals surface area contributed by atoms with E-state index in [1.807, 2.05) is 24.1 Å². The summed E-state index contributed by atoms with van der Waals surface area (Å²) in [5.41, 5.74) is 1.55. The van der Waals surface area contributed by atoms with Gasteiger partial charge in [-0.25, -0.2) is 0 Å². The van der Waals surface area contributed by atoms with Gasteiger partial charge in [-0.05, 0) is 19.1 Å². The van der Waals surface area contributed by atoms with Crippen LogP contribution in [0.25, 0.3) is 0 Å². The average Bonchev–Trinajstić information content (AvgIpc) is 2.36. The summed E-state index contributed by atoms with van der Waals surface area (Å²) in [5.74, 6) is -0.203. The van der Waals surface area contributed by atoms with Crippen molar-refractivity contribution in [3.63, 3.8) is 0 Å². The second kappa shape index (κ2) is 6.68. The van der Waals surface area contributed by atoms with Crippen LogP contribution in [0.1, 0.15) is 23.7 Å². The van der Waals surface area contributed by atoms with Crippen molar-refractivity contribution in [1.82, 2.24) is 0 Å². The van der Waals surface area contributed by atoms with Crippen LogP contribution in [0, 0.1) is 0 Å². The summed E-state index contributed by atoms with van der Waals surface area (Å²) in [6.07, 6.45) is 1.15. The number of hydrogen-bond donors (Lipinski definition) is 0. The zero-order chi connectivity index (χ0) is 12.7. The van der Waals surface area contributed by atoms with Gasteiger partial charge in [-0.1, -0.05) is 12.1 Å². The number of hydrogen-bond acceptors (Lipinski definition) is 4. The Hall–Kier alpha value is -1.84. The van der Waals surface area contributed by atoms with Gasteiger partial charge in [-0.15, -0.1) is 0 Å². The third-order valence-electron chi connectivity index (χ3n) is 2.40. The van der Waals surface area contributed by atoms with E-state index in [4.69, 9.17) is 4.74 Å². The Morgan fingerprint density at radius 1 is 1.47 bits per heavy atom. The van der Waals surface area contributed by atoms with E-state index in [1.54, 1.807) is 19.1 Å². The summed E-state index contributed by atoms with van der Waals surface area (Å²) < 4.78 is 4.85. The largest absolute Gasteiger partial charge is 0.466 e. The van der Waals surface area contributed by atoms with Gasteiger partial charge in [0.2, 0.25) is 0 Å². The van der Waals surface area contributed by atoms with Crippen LogP contribution in [-0.4, -0.2) is 32.5 Å². The first-order valence-electron chi connectivity index (χ1n) is 5.59. The zero-order valence-electron chi connectivity index (χ0n) is 10.2. The van der Waals surface area contributed by atoms with E-state index >= 15 is 0 Å². The molecule has 1 aromatic carbocycles. The first-order chi connectivity index (χ1) is 8.17. The number of carbonyl (C=O) groups excluding carboxylic acids is 2. The summed E-state index contributed by atoms with van der Waals surface area (Å²) in [7, 11) is 1.88. The molecule has 1 rings (SSSR count). The third-order valence-corrected chi connectivity index (χ3v) is 2.40. The highest BCUT2D eigenvalue weighted by atomic mass is 16.5. The quantitative estimate of drug-likeness (QED) is 0.558. The van der Waals surface area contributed by atoms with Crippen molar-refractivity contribution < 1.29 is 14.3 Å². The highest BCUT2D eigenvalue weighted by Gasteiger charge is 2.06. The molecule has 0 aliphatic rings. The van der Waals surface area contributed by atoms with E-state index in [2.05, 4.69) is 0 Å². The Kier molecular flexibility index (Phi) is 5.20. The fourth-order valence-corrected chi connectivity index (χ4v) is 1.46. The molecule has 0 spiro atoms. The molecule has 0 aromatic heterocycles. The summed E-state index contributed by atoms with van der Waals surface area (Å²) in [6, 6.07) is 7.26. The van der Waals surface area contributed by atoms with E-state index < -0.39 is 0 Å². The van der Waals surface area contributed by atoms with Crippen LogP contribution in [-0.2, 0) is 9.53 Å². The molecule has 0 unspecified atom stereocenters. The molecule has 0 fully saturated rings. The number of ether oxygens (including phenoxy) is 1. The number of nitrogens with zero attached hydrogens (tertiary/aromatic N) is 1. The molecule has 0 bridgehead atoms. The maximum atomic E-state index is 11.2. The zero-order valence-corrected chi connectivity index (χ0v) is 10.2. The van der Waals surface area contributed by atoms with Crippen molar-refractivity contribution in [3.8, 4) is 0 Å². The molecule has 92 valence electrons. The Labute approximate surface area is 101 Å². The monoisotopic (exact) mass is 235 g/mol. The topological polar surface area (TPSA) is 46.6 Å². The van der Waals surface area contributed by atoms with Gasteiger partial charge in [0.25, 0.3) is 0 Å². The van der Waals surface area contributed by atoms with Crippen LogP contribution in [0.15, 0.2) is 24.3 Å². The van der Waals surface area contributed by atoms with Crippen LogP contribution in [0.5, 0.6) is 0 Å². The molecular weight excluding hydrogens is 218 g/mol. The molecule has 0 aliphatic heterocycles. The molecule has 4 heteroatoms. The number of anilines is 1. The molecule has 0 N–H and O–H groups in total. The van der Waals surface area contributed by atoms with Crippen LogP contribution in [0.2, 0.25) is 0 Å².